The Bertz CT molecular complexity index is 1240. The quantitative estimate of drug-likeness (QED) is 0.314. The summed E-state index contributed by atoms with van der Waals surface area (Å²) in [5, 5.41) is 3.25. The lowest BCUT2D eigenvalue weighted by molar-refractivity contribution is 0.0455. The van der Waals surface area contributed by atoms with E-state index in [1.54, 1.807) is 0 Å². The summed E-state index contributed by atoms with van der Waals surface area (Å²) < 4.78 is 27.4. The van der Waals surface area contributed by atoms with Crippen LogP contribution in [-0.2, 0) is 9.84 Å². The van der Waals surface area contributed by atoms with Gasteiger partial charge in [0.2, 0.25) is 14.2 Å². The number of nitrogens with zero attached hydrogens (tertiary/aromatic N) is 2. The van der Waals surface area contributed by atoms with Gasteiger partial charge < -0.3 is 11.5 Å². The van der Waals surface area contributed by atoms with Crippen LogP contribution in [0.5, 0.6) is 0 Å². The number of nitroso groups, excluding NO2 is 1. The molecule has 1 heterocycles. The third-order valence-corrected chi connectivity index (χ3v) is 12.4. The third-order valence-electron chi connectivity index (χ3n) is 9.28. The molecular formula is C27H40N4O3S2. The molecule has 4 N–H and O–H groups in total. The fourth-order valence-electron chi connectivity index (χ4n) is 6.68. The number of rotatable bonds is 9. The number of aromatic nitrogens is 1. The predicted octanol–water partition coefficient (Wildman–Crippen LogP) is 5.73. The minimum Gasteiger partial charge on any atom is -0.324 e. The molecule has 0 unspecified atom stereocenters. The molecule has 1 aromatic heterocycles. The smallest absolute Gasteiger partial charge is 0.210 e. The van der Waals surface area contributed by atoms with Crippen LogP contribution in [0.25, 0.3) is 10.2 Å². The Kier molecular flexibility index (Phi) is 7.27. The van der Waals surface area contributed by atoms with Gasteiger partial charge in [0.15, 0.2) is 0 Å². The topological polar surface area (TPSA) is 128 Å². The number of nitrogens with two attached hydrogens (primary N) is 2. The molecule has 0 aliphatic heterocycles. The first kappa shape index (κ1) is 27.4. The van der Waals surface area contributed by atoms with E-state index >= 15 is 0 Å². The predicted molar refractivity (Wildman–Crippen MR) is 148 cm³/mol. The van der Waals surface area contributed by atoms with Gasteiger partial charge in [0.1, 0.15) is 0 Å². The van der Waals surface area contributed by atoms with Crippen molar-refractivity contribution < 1.29 is 8.42 Å². The summed E-state index contributed by atoms with van der Waals surface area (Å²) in [6, 6.07) is 7.48. The fraction of sp³-hybridized carbons (Fsp3) is 0.667. The molecule has 4 atom stereocenters. The Morgan fingerprint density at radius 2 is 1.94 bits per heavy atom. The summed E-state index contributed by atoms with van der Waals surface area (Å²) in [5.41, 5.74) is 14.2. The van der Waals surface area contributed by atoms with Crippen LogP contribution in [-0.4, -0.2) is 35.8 Å². The second kappa shape index (κ2) is 9.57. The number of thiazole rings is 1. The fourth-order valence-corrected chi connectivity index (χ4v) is 9.16. The van der Waals surface area contributed by atoms with Crippen LogP contribution in [0.1, 0.15) is 79.1 Å². The number of sulfone groups is 1. The molecule has 2 saturated carbocycles. The summed E-state index contributed by atoms with van der Waals surface area (Å²) >= 11 is 1.22. The lowest BCUT2D eigenvalue weighted by atomic mass is 9.54. The molecule has 1 aromatic carbocycles. The molecule has 36 heavy (non-hydrogen) atoms. The normalized spacial score (nSPS) is 31.0. The van der Waals surface area contributed by atoms with Crippen molar-refractivity contribution in [3.8, 4) is 0 Å². The van der Waals surface area contributed by atoms with E-state index in [2.05, 4.69) is 24.0 Å². The molecule has 0 saturated heterocycles. The van der Waals surface area contributed by atoms with Gasteiger partial charge in [0, 0.05) is 16.5 Å². The van der Waals surface area contributed by atoms with E-state index in [1.165, 1.54) is 11.3 Å². The first-order chi connectivity index (χ1) is 16.8. The molecule has 0 amide bonds. The van der Waals surface area contributed by atoms with Gasteiger partial charge in [-0.2, -0.15) is 4.91 Å². The zero-order chi connectivity index (χ0) is 26.4. The number of para-hydroxylation sites is 1. The number of benzene rings is 1. The van der Waals surface area contributed by atoms with Crippen LogP contribution in [0.15, 0.2) is 45.4 Å². The Labute approximate surface area is 219 Å². The van der Waals surface area contributed by atoms with Gasteiger partial charge in [-0.15, -0.1) is 11.3 Å². The average molecular weight is 533 g/mol. The van der Waals surface area contributed by atoms with Crippen LogP contribution in [0, 0.1) is 16.2 Å². The van der Waals surface area contributed by atoms with Crippen LogP contribution in [0.3, 0.4) is 0 Å². The molecule has 4 rings (SSSR count). The maximum Gasteiger partial charge on any atom is 0.210 e. The maximum absolute atomic E-state index is 13.2. The maximum atomic E-state index is 13.2. The summed E-state index contributed by atoms with van der Waals surface area (Å²) in [6.45, 7) is 8.15. The van der Waals surface area contributed by atoms with Crippen LogP contribution < -0.4 is 11.5 Å². The SMILES string of the molecule is C[C@H](CCCC(C)(C)N=O)[C@@]1(N)CC[C@@]2(N)/C(=C/CS(=O)(=O)c3nc4ccccc4s3)CCC[C@@]21C. The van der Waals surface area contributed by atoms with E-state index in [9.17, 15) is 13.3 Å². The number of hydrogen-bond acceptors (Lipinski definition) is 8. The van der Waals surface area contributed by atoms with Crippen molar-refractivity contribution in [3.63, 3.8) is 0 Å². The van der Waals surface area contributed by atoms with Crippen LogP contribution in [0.2, 0.25) is 0 Å². The summed E-state index contributed by atoms with van der Waals surface area (Å²) in [5.74, 6) is 0.124. The highest BCUT2D eigenvalue weighted by Crippen LogP contribution is 2.62. The molecule has 9 heteroatoms. The standard InChI is InChI=1S/C27H40N4O3S2/c1-19(9-7-14-24(2,3)31-32)26(28)16-17-27(29)20(10-8-15-25(26,27)4)13-18-36(33,34)23-30-21-11-5-6-12-22(21)35-23/h5-6,11-13,19H,7-10,14-18,28-29H2,1-4H3/b20-13+/t19-,25-,26+,27-/m1/s1. The lowest BCUT2D eigenvalue weighted by Gasteiger charge is -2.55. The lowest BCUT2D eigenvalue weighted by Crippen LogP contribution is -2.66. The van der Waals surface area contributed by atoms with Crippen molar-refractivity contribution in [2.45, 2.75) is 100 Å². The Morgan fingerprint density at radius 3 is 2.64 bits per heavy atom. The van der Waals surface area contributed by atoms with Gasteiger partial charge in [-0.25, -0.2) is 13.4 Å². The molecule has 7 nitrogen and oxygen atoms in total. The monoisotopic (exact) mass is 532 g/mol. The number of hydrogen-bond donors (Lipinski definition) is 2. The minimum absolute atomic E-state index is 0.0991. The summed E-state index contributed by atoms with van der Waals surface area (Å²) in [6.07, 6.45) is 8.59. The molecule has 0 radical (unpaired) electrons. The highest BCUT2D eigenvalue weighted by molar-refractivity contribution is 7.93. The average Bonchev–Trinajstić information content (AvgIpc) is 3.37. The molecule has 0 spiro atoms. The molecule has 198 valence electrons. The van der Waals surface area contributed by atoms with E-state index in [0.29, 0.717) is 5.52 Å². The Morgan fingerprint density at radius 1 is 1.22 bits per heavy atom. The molecule has 0 bridgehead atoms. The molecular weight excluding hydrogens is 492 g/mol. The van der Waals surface area contributed by atoms with Crippen molar-refractivity contribution in [1.29, 1.82) is 0 Å². The van der Waals surface area contributed by atoms with Gasteiger partial charge in [0.05, 0.1) is 21.5 Å². The Hall–Kier alpha value is -1.68. The largest absolute Gasteiger partial charge is 0.324 e. The summed E-state index contributed by atoms with van der Waals surface area (Å²) in [4.78, 5) is 15.4. The van der Waals surface area contributed by atoms with Gasteiger partial charge >= 0.3 is 0 Å². The van der Waals surface area contributed by atoms with E-state index in [4.69, 9.17) is 11.5 Å². The first-order valence-corrected chi connectivity index (χ1v) is 15.5. The molecule has 2 aromatic rings. The van der Waals surface area contributed by atoms with E-state index in [0.717, 1.165) is 61.6 Å². The molecule has 2 fully saturated rings. The van der Waals surface area contributed by atoms with Crippen molar-refractivity contribution >= 4 is 31.4 Å². The third kappa shape index (κ3) is 4.57. The van der Waals surface area contributed by atoms with Crippen LogP contribution in [0.4, 0.5) is 0 Å². The van der Waals surface area contributed by atoms with Gasteiger partial charge in [-0.05, 0) is 76.8 Å². The molecule has 2 aliphatic carbocycles. The highest BCUT2D eigenvalue weighted by Gasteiger charge is 2.65. The van der Waals surface area contributed by atoms with Crippen LogP contribution >= 0.6 is 11.3 Å². The van der Waals surface area contributed by atoms with Gasteiger partial charge in [-0.1, -0.05) is 49.2 Å². The van der Waals surface area contributed by atoms with Crippen molar-refractivity contribution in [3.05, 3.63) is 40.8 Å². The van der Waals surface area contributed by atoms with Gasteiger partial charge in [-0.3, -0.25) is 0 Å². The minimum atomic E-state index is -3.56. The van der Waals surface area contributed by atoms with Crippen molar-refractivity contribution in [1.82, 2.24) is 4.98 Å². The van der Waals surface area contributed by atoms with E-state index < -0.39 is 26.5 Å². The van der Waals surface area contributed by atoms with E-state index in [1.807, 2.05) is 44.2 Å². The summed E-state index contributed by atoms with van der Waals surface area (Å²) in [7, 11) is -3.56. The number of fused-ring (bicyclic) bond motifs is 2. The molecule has 2 aliphatic rings. The zero-order valence-corrected chi connectivity index (χ0v) is 23.6. The second-order valence-electron chi connectivity index (χ2n) is 11.9. The highest BCUT2D eigenvalue weighted by atomic mass is 32.2. The zero-order valence-electron chi connectivity index (χ0n) is 21.9. The van der Waals surface area contributed by atoms with Gasteiger partial charge in [0.25, 0.3) is 0 Å². The van der Waals surface area contributed by atoms with Crippen molar-refractivity contribution in [2.24, 2.45) is 28.0 Å². The van der Waals surface area contributed by atoms with Crippen molar-refractivity contribution in [2.75, 3.05) is 5.75 Å². The first-order valence-electron chi connectivity index (χ1n) is 13.0. The van der Waals surface area contributed by atoms with E-state index in [-0.39, 0.29) is 21.4 Å². The Balaban J connectivity index is 1.54. The second-order valence-corrected chi connectivity index (χ2v) is 15.1.